The highest BCUT2D eigenvalue weighted by molar-refractivity contribution is 5.94. The molecule has 47 heavy (non-hydrogen) atoms. The van der Waals surface area contributed by atoms with Crippen LogP contribution in [0.4, 0.5) is 0 Å². The Morgan fingerprint density at radius 2 is 0.787 bits per heavy atom. The van der Waals surface area contributed by atoms with Gasteiger partial charge in [0.05, 0.1) is 11.2 Å². The molecule has 2 nitrogen and oxygen atoms in total. The van der Waals surface area contributed by atoms with Crippen LogP contribution in [0.2, 0.25) is 0 Å². The summed E-state index contributed by atoms with van der Waals surface area (Å²) in [6.07, 6.45) is 0.910. The summed E-state index contributed by atoms with van der Waals surface area (Å²) < 4.78 is 0. The molecule has 1 aliphatic rings. The normalized spacial score (nSPS) is 11.7. The van der Waals surface area contributed by atoms with Crippen molar-refractivity contribution in [3.8, 4) is 67.2 Å². The molecule has 1 aliphatic carbocycles. The minimum absolute atomic E-state index is 0.739. The first-order valence-corrected chi connectivity index (χ1v) is 16.1. The van der Waals surface area contributed by atoms with E-state index in [-0.39, 0.29) is 0 Å². The van der Waals surface area contributed by atoms with E-state index >= 15 is 0 Å². The number of fused-ring (bicyclic) bond motifs is 4. The maximum Gasteiger partial charge on any atom is 0.160 e. The molecule has 220 valence electrons. The van der Waals surface area contributed by atoms with Crippen molar-refractivity contribution in [1.82, 2.24) is 9.97 Å². The minimum atomic E-state index is 0.739. The first kappa shape index (κ1) is 27.2. The first-order chi connectivity index (χ1) is 23.3. The number of aromatic nitrogens is 2. The fraction of sp³-hybridized carbons (Fsp3) is 0.0222. The van der Waals surface area contributed by atoms with Gasteiger partial charge in [0.2, 0.25) is 0 Å². The molecule has 0 aliphatic heterocycles. The average molecular weight is 599 g/mol. The highest BCUT2D eigenvalue weighted by Gasteiger charge is 2.24. The van der Waals surface area contributed by atoms with Crippen molar-refractivity contribution >= 4 is 10.9 Å². The lowest BCUT2D eigenvalue weighted by molar-refractivity contribution is 1.23. The maximum absolute atomic E-state index is 5.08. The quantitative estimate of drug-likeness (QED) is 0.197. The van der Waals surface area contributed by atoms with Gasteiger partial charge in [0.1, 0.15) is 0 Å². The molecule has 0 bridgehead atoms. The summed E-state index contributed by atoms with van der Waals surface area (Å²) in [6.45, 7) is 0. The lowest BCUT2D eigenvalue weighted by Crippen LogP contribution is -1.95. The largest absolute Gasteiger partial charge is 0.228 e. The number of hydrogen-bond acceptors (Lipinski definition) is 2. The molecule has 0 radical (unpaired) electrons. The van der Waals surface area contributed by atoms with Gasteiger partial charge in [-0.05, 0) is 68.1 Å². The SMILES string of the molecule is c1ccc(-c2ccc(-c3cccc4c3Cc3c(-c5ccc(-c6nc(-c7ccccc7)c7ccccc7n6)cc5)cccc3-4)cc2)cc1. The molecule has 0 unspecified atom stereocenters. The van der Waals surface area contributed by atoms with E-state index in [9.17, 15) is 0 Å². The van der Waals surface area contributed by atoms with E-state index in [0.29, 0.717) is 0 Å². The van der Waals surface area contributed by atoms with Gasteiger partial charge in [0.25, 0.3) is 0 Å². The van der Waals surface area contributed by atoms with Crippen molar-refractivity contribution < 1.29 is 0 Å². The molecule has 0 fully saturated rings. The van der Waals surface area contributed by atoms with Crippen molar-refractivity contribution in [3.63, 3.8) is 0 Å². The number of benzene rings is 7. The molecule has 1 aromatic heterocycles. The predicted molar refractivity (Wildman–Crippen MR) is 195 cm³/mol. The summed E-state index contributed by atoms with van der Waals surface area (Å²) in [5.41, 5.74) is 17.0. The molecule has 0 saturated carbocycles. The zero-order valence-electron chi connectivity index (χ0n) is 25.8. The third-order valence-corrected chi connectivity index (χ3v) is 9.40. The Bertz CT molecular complexity index is 2390. The fourth-order valence-corrected chi connectivity index (χ4v) is 7.07. The number of nitrogens with zero attached hydrogens (tertiary/aromatic N) is 2. The van der Waals surface area contributed by atoms with Crippen molar-refractivity contribution in [1.29, 1.82) is 0 Å². The molecule has 0 spiro atoms. The molecule has 0 N–H and O–H groups in total. The zero-order valence-corrected chi connectivity index (χ0v) is 25.8. The van der Waals surface area contributed by atoms with Crippen LogP contribution in [-0.4, -0.2) is 9.97 Å². The van der Waals surface area contributed by atoms with Crippen LogP contribution >= 0.6 is 0 Å². The van der Waals surface area contributed by atoms with E-state index in [0.717, 1.165) is 40.0 Å². The van der Waals surface area contributed by atoms with Crippen LogP contribution < -0.4 is 0 Å². The van der Waals surface area contributed by atoms with Gasteiger partial charge in [0, 0.05) is 16.5 Å². The molecular formula is C45H30N2. The maximum atomic E-state index is 5.08. The summed E-state index contributed by atoms with van der Waals surface area (Å²) in [5.74, 6) is 0.739. The van der Waals surface area contributed by atoms with Crippen LogP contribution in [0.5, 0.6) is 0 Å². The fourth-order valence-electron chi connectivity index (χ4n) is 7.07. The lowest BCUT2D eigenvalue weighted by Gasteiger charge is -2.11. The van der Waals surface area contributed by atoms with Crippen molar-refractivity contribution in [2.75, 3.05) is 0 Å². The van der Waals surface area contributed by atoms with E-state index in [2.05, 4.69) is 152 Å². The Kier molecular flexibility index (Phi) is 6.57. The molecule has 9 rings (SSSR count). The summed E-state index contributed by atoms with van der Waals surface area (Å²) in [6, 6.07) is 60.4. The van der Waals surface area contributed by atoms with Crippen LogP contribution in [-0.2, 0) is 6.42 Å². The monoisotopic (exact) mass is 598 g/mol. The second-order valence-electron chi connectivity index (χ2n) is 12.1. The molecular weight excluding hydrogens is 569 g/mol. The molecule has 1 heterocycles. The Balaban J connectivity index is 1.06. The van der Waals surface area contributed by atoms with Gasteiger partial charge in [-0.1, -0.05) is 164 Å². The van der Waals surface area contributed by atoms with Gasteiger partial charge in [0.15, 0.2) is 5.82 Å². The van der Waals surface area contributed by atoms with Crippen molar-refractivity contribution in [2.24, 2.45) is 0 Å². The summed E-state index contributed by atoms with van der Waals surface area (Å²) >= 11 is 0. The number of para-hydroxylation sites is 1. The second kappa shape index (κ2) is 11.3. The van der Waals surface area contributed by atoms with Gasteiger partial charge in [-0.25, -0.2) is 9.97 Å². The summed E-state index contributed by atoms with van der Waals surface area (Å²) in [7, 11) is 0. The minimum Gasteiger partial charge on any atom is -0.228 e. The Morgan fingerprint density at radius 1 is 0.319 bits per heavy atom. The van der Waals surface area contributed by atoms with Crippen LogP contribution in [0, 0.1) is 0 Å². The molecule has 8 aromatic rings. The third-order valence-electron chi connectivity index (χ3n) is 9.40. The highest BCUT2D eigenvalue weighted by Crippen LogP contribution is 2.45. The third kappa shape index (κ3) is 4.83. The Labute approximate surface area is 274 Å². The van der Waals surface area contributed by atoms with Crippen LogP contribution in [0.15, 0.2) is 170 Å². The summed E-state index contributed by atoms with van der Waals surface area (Å²) in [5, 5.41) is 1.06. The van der Waals surface area contributed by atoms with E-state index in [1.54, 1.807) is 0 Å². The standard InChI is InChI=1S/C45H30N2/c1-3-11-30(12-4-1)31-21-23-32(24-22-31)36-16-9-18-38-39-19-10-17-37(42(39)29-41(36)38)33-25-27-35(28-26-33)45-46-43-20-8-7-15-40(43)44(47-45)34-13-5-2-6-14-34/h1-28H,29H2. The Hall–Kier alpha value is -6.12. The van der Waals surface area contributed by atoms with Gasteiger partial charge in [-0.15, -0.1) is 0 Å². The summed E-state index contributed by atoms with van der Waals surface area (Å²) in [4.78, 5) is 10.0. The van der Waals surface area contributed by atoms with Crippen LogP contribution in [0.1, 0.15) is 11.1 Å². The van der Waals surface area contributed by atoms with Crippen LogP contribution in [0.3, 0.4) is 0 Å². The second-order valence-corrected chi connectivity index (χ2v) is 12.1. The first-order valence-electron chi connectivity index (χ1n) is 16.1. The molecule has 7 aromatic carbocycles. The lowest BCUT2D eigenvalue weighted by atomic mass is 9.94. The predicted octanol–water partition coefficient (Wildman–Crippen LogP) is 11.5. The van der Waals surface area contributed by atoms with Crippen molar-refractivity contribution in [3.05, 3.63) is 181 Å². The van der Waals surface area contributed by atoms with E-state index < -0.39 is 0 Å². The topological polar surface area (TPSA) is 25.8 Å². The highest BCUT2D eigenvalue weighted by atomic mass is 14.9. The molecule has 2 heteroatoms. The molecule has 0 amide bonds. The van der Waals surface area contributed by atoms with Crippen LogP contribution in [0.25, 0.3) is 78.1 Å². The van der Waals surface area contributed by atoms with Gasteiger partial charge in [-0.3, -0.25) is 0 Å². The van der Waals surface area contributed by atoms with Gasteiger partial charge in [-0.2, -0.15) is 0 Å². The van der Waals surface area contributed by atoms with E-state index in [4.69, 9.17) is 9.97 Å². The van der Waals surface area contributed by atoms with Gasteiger partial charge < -0.3 is 0 Å². The van der Waals surface area contributed by atoms with Gasteiger partial charge >= 0.3 is 0 Å². The van der Waals surface area contributed by atoms with E-state index in [1.807, 2.05) is 18.2 Å². The number of rotatable bonds is 5. The average Bonchev–Trinajstić information content (AvgIpc) is 3.55. The van der Waals surface area contributed by atoms with Crippen molar-refractivity contribution in [2.45, 2.75) is 6.42 Å². The molecule has 0 atom stereocenters. The zero-order chi connectivity index (χ0) is 31.2. The Morgan fingerprint density at radius 3 is 1.40 bits per heavy atom. The van der Waals surface area contributed by atoms with E-state index in [1.165, 1.54) is 55.6 Å². The smallest absolute Gasteiger partial charge is 0.160 e. The number of hydrogen-bond donors (Lipinski definition) is 0. The molecule has 0 saturated heterocycles.